The average molecular weight is 392 g/mol. The summed E-state index contributed by atoms with van der Waals surface area (Å²) in [5.74, 6) is 1.81. The van der Waals surface area contributed by atoms with Crippen LogP contribution in [0.25, 0.3) is 0 Å². The Morgan fingerprint density at radius 2 is 1.89 bits per heavy atom. The molecule has 8 nitrogen and oxygen atoms in total. The molecule has 2 fully saturated rings. The molecule has 1 atom stereocenters. The Hall–Kier alpha value is -2.06. The van der Waals surface area contributed by atoms with Crippen LogP contribution >= 0.6 is 0 Å². The van der Waals surface area contributed by atoms with Crippen molar-refractivity contribution >= 4 is 11.9 Å². The van der Waals surface area contributed by atoms with Gasteiger partial charge < -0.3 is 24.3 Å². The van der Waals surface area contributed by atoms with E-state index in [1.807, 2.05) is 4.90 Å². The molecule has 3 rings (SSSR count). The maximum Gasteiger partial charge on any atom is 0.289 e. The smallest absolute Gasteiger partial charge is 0.289 e. The Kier molecular flexibility index (Phi) is 7.73. The fourth-order valence-corrected chi connectivity index (χ4v) is 3.63. The Morgan fingerprint density at radius 3 is 2.54 bits per heavy atom. The lowest BCUT2D eigenvalue weighted by molar-refractivity contribution is 0.0323. The normalized spacial score (nSPS) is 20.3. The van der Waals surface area contributed by atoms with E-state index < -0.39 is 0 Å². The summed E-state index contributed by atoms with van der Waals surface area (Å²) in [5, 5.41) is 3.40. The van der Waals surface area contributed by atoms with Crippen molar-refractivity contribution in [1.29, 1.82) is 0 Å². The molecular weight excluding hydrogens is 358 g/mol. The van der Waals surface area contributed by atoms with Crippen molar-refractivity contribution in [2.24, 2.45) is 10.9 Å². The number of morpholine rings is 1. The van der Waals surface area contributed by atoms with E-state index in [0.29, 0.717) is 24.8 Å². The third-order valence-electron chi connectivity index (χ3n) is 5.16. The first kappa shape index (κ1) is 20.7. The topological polar surface area (TPSA) is 73.6 Å². The molecule has 1 unspecified atom stereocenters. The lowest BCUT2D eigenvalue weighted by Gasteiger charge is -2.36. The van der Waals surface area contributed by atoms with Gasteiger partial charge in [0.15, 0.2) is 11.7 Å². The molecule has 0 spiro atoms. The van der Waals surface area contributed by atoms with Crippen LogP contribution in [0.15, 0.2) is 27.8 Å². The van der Waals surface area contributed by atoms with E-state index >= 15 is 0 Å². The van der Waals surface area contributed by atoms with Crippen LogP contribution in [0.2, 0.25) is 0 Å². The zero-order valence-electron chi connectivity index (χ0n) is 17.1. The molecule has 0 aliphatic carbocycles. The van der Waals surface area contributed by atoms with E-state index in [1.165, 1.54) is 6.26 Å². The Balaban J connectivity index is 1.49. The van der Waals surface area contributed by atoms with Crippen LogP contribution in [0.5, 0.6) is 0 Å². The van der Waals surface area contributed by atoms with Crippen molar-refractivity contribution in [3.63, 3.8) is 0 Å². The number of amides is 1. The number of nitrogens with one attached hydrogen (secondary N) is 1. The number of guanidine groups is 1. The third kappa shape index (κ3) is 5.72. The number of ether oxygens (including phenoxy) is 1. The fraction of sp³-hybridized carbons (Fsp3) is 0.700. The number of nitrogens with zero attached hydrogens (tertiary/aromatic N) is 4. The van der Waals surface area contributed by atoms with Gasteiger partial charge in [-0.25, -0.2) is 0 Å². The van der Waals surface area contributed by atoms with Crippen LogP contribution in [0.4, 0.5) is 0 Å². The molecule has 1 aromatic rings. The second kappa shape index (κ2) is 10.5. The molecule has 1 N–H and O–H groups in total. The number of rotatable bonds is 6. The summed E-state index contributed by atoms with van der Waals surface area (Å²) >= 11 is 0. The maximum absolute atomic E-state index is 12.4. The summed E-state index contributed by atoms with van der Waals surface area (Å²) < 4.78 is 10.7. The molecule has 2 saturated heterocycles. The van der Waals surface area contributed by atoms with Crippen molar-refractivity contribution in [1.82, 2.24) is 20.0 Å². The number of hydrogen-bond acceptors (Lipinski definition) is 5. The minimum Gasteiger partial charge on any atom is -0.459 e. The van der Waals surface area contributed by atoms with Gasteiger partial charge in [-0.15, -0.1) is 0 Å². The molecule has 0 bridgehead atoms. The fourth-order valence-electron chi connectivity index (χ4n) is 3.63. The Labute approximate surface area is 167 Å². The van der Waals surface area contributed by atoms with Crippen molar-refractivity contribution in [3.8, 4) is 0 Å². The van der Waals surface area contributed by atoms with Gasteiger partial charge in [-0.05, 0) is 25.0 Å². The first-order valence-corrected chi connectivity index (χ1v) is 10.3. The van der Waals surface area contributed by atoms with Gasteiger partial charge in [0.05, 0.1) is 19.5 Å². The minimum atomic E-state index is -0.0364. The summed E-state index contributed by atoms with van der Waals surface area (Å²) in [6.07, 6.45) is 1.54. The SMILES string of the molecule is CCNC(=NCC(C)CN1CCOCC1)N1CCN(C(=O)c2ccco2)CC1. The lowest BCUT2D eigenvalue weighted by atomic mass is 10.1. The maximum atomic E-state index is 12.4. The number of hydrogen-bond donors (Lipinski definition) is 1. The first-order chi connectivity index (χ1) is 13.7. The van der Waals surface area contributed by atoms with Crippen LogP contribution in [-0.4, -0.2) is 98.7 Å². The number of carbonyl (C=O) groups is 1. The highest BCUT2D eigenvalue weighted by atomic mass is 16.5. The highest BCUT2D eigenvalue weighted by Crippen LogP contribution is 2.10. The zero-order chi connectivity index (χ0) is 19.8. The molecule has 3 heterocycles. The van der Waals surface area contributed by atoms with E-state index in [1.54, 1.807) is 12.1 Å². The van der Waals surface area contributed by atoms with E-state index in [4.69, 9.17) is 14.1 Å². The van der Waals surface area contributed by atoms with E-state index in [2.05, 4.69) is 29.0 Å². The molecular formula is C20H33N5O3. The molecule has 2 aliphatic heterocycles. The van der Waals surface area contributed by atoms with E-state index in [9.17, 15) is 4.79 Å². The molecule has 8 heteroatoms. The second-order valence-corrected chi connectivity index (χ2v) is 7.47. The van der Waals surface area contributed by atoms with Crippen LogP contribution in [0, 0.1) is 5.92 Å². The van der Waals surface area contributed by atoms with E-state index in [-0.39, 0.29) is 5.91 Å². The van der Waals surface area contributed by atoms with Crippen LogP contribution in [0.3, 0.4) is 0 Å². The van der Waals surface area contributed by atoms with E-state index in [0.717, 1.165) is 65.0 Å². The van der Waals surface area contributed by atoms with Crippen LogP contribution in [0.1, 0.15) is 24.4 Å². The molecule has 156 valence electrons. The van der Waals surface area contributed by atoms with Gasteiger partial charge in [0.25, 0.3) is 5.91 Å². The lowest BCUT2D eigenvalue weighted by Crippen LogP contribution is -2.53. The van der Waals surface area contributed by atoms with Crippen molar-refractivity contribution in [2.75, 3.05) is 72.1 Å². The minimum absolute atomic E-state index is 0.0364. The number of furan rings is 1. The molecule has 28 heavy (non-hydrogen) atoms. The Morgan fingerprint density at radius 1 is 1.18 bits per heavy atom. The molecule has 0 aromatic carbocycles. The van der Waals surface area contributed by atoms with Crippen LogP contribution in [-0.2, 0) is 4.74 Å². The Bertz CT molecular complexity index is 620. The molecule has 0 radical (unpaired) electrons. The number of piperazine rings is 1. The van der Waals surface area contributed by atoms with Gasteiger partial charge in [-0.3, -0.25) is 14.7 Å². The van der Waals surface area contributed by atoms with Gasteiger partial charge in [-0.2, -0.15) is 0 Å². The molecule has 1 amide bonds. The van der Waals surface area contributed by atoms with Gasteiger partial charge in [-0.1, -0.05) is 6.92 Å². The summed E-state index contributed by atoms with van der Waals surface area (Å²) in [5.41, 5.74) is 0. The quantitative estimate of drug-likeness (QED) is 0.576. The van der Waals surface area contributed by atoms with Gasteiger partial charge >= 0.3 is 0 Å². The molecule has 0 saturated carbocycles. The summed E-state index contributed by atoms with van der Waals surface area (Å²) in [6, 6.07) is 3.47. The molecule has 1 aromatic heterocycles. The third-order valence-corrected chi connectivity index (χ3v) is 5.16. The van der Waals surface area contributed by atoms with Crippen molar-refractivity contribution in [2.45, 2.75) is 13.8 Å². The highest BCUT2D eigenvalue weighted by molar-refractivity contribution is 5.91. The summed E-state index contributed by atoms with van der Waals surface area (Å²) in [6.45, 7) is 13.6. The monoisotopic (exact) mass is 391 g/mol. The average Bonchev–Trinajstić information content (AvgIpc) is 3.26. The standard InChI is InChI=1S/C20H33N5O3/c1-3-21-20(22-15-17(2)16-23-10-13-27-14-11-23)25-8-6-24(7-9-25)19(26)18-5-4-12-28-18/h4-5,12,17H,3,6-11,13-16H2,1-2H3,(H,21,22). The largest absolute Gasteiger partial charge is 0.459 e. The number of carbonyl (C=O) groups excluding carboxylic acids is 1. The first-order valence-electron chi connectivity index (χ1n) is 10.3. The number of aliphatic imine (C=N–C) groups is 1. The van der Waals surface area contributed by atoms with Crippen molar-refractivity contribution < 1.29 is 13.9 Å². The summed E-state index contributed by atoms with van der Waals surface area (Å²) in [7, 11) is 0. The van der Waals surface area contributed by atoms with Crippen molar-refractivity contribution in [3.05, 3.63) is 24.2 Å². The van der Waals surface area contributed by atoms with Gasteiger partial charge in [0, 0.05) is 58.9 Å². The summed E-state index contributed by atoms with van der Waals surface area (Å²) in [4.78, 5) is 23.8. The van der Waals surface area contributed by atoms with Crippen LogP contribution < -0.4 is 5.32 Å². The van der Waals surface area contributed by atoms with Gasteiger partial charge in [0.1, 0.15) is 0 Å². The second-order valence-electron chi connectivity index (χ2n) is 7.47. The van der Waals surface area contributed by atoms with Gasteiger partial charge in [0.2, 0.25) is 0 Å². The predicted octanol–water partition coefficient (Wildman–Crippen LogP) is 0.971. The predicted molar refractivity (Wildman–Crippen MR) is 109 cm³/mol. The zero-order valence-corrected chi connectivity index (χ0v) is 17.1. The molecule has 2 aliphatic rings. The highest BCUT2D eigenvalue weighted by Gasteiger charge is 2.25.